The molecule has 0 amide bonds. The molecule has 6 nitrogen and oxygen atoms in total. The normalized spacial score (nSPS) is 14.5. The minimum absolute atomic E-state index is 0. The van der Waals surface area contributed by atoms with Gasteiger partial charge < -0.3 is 15.5 Å². The summed E-state index contributed by atoms with van der Waals surface area (Å²) in [5, 5.41) is 4.50. The summed E-state index contributed by atoms with van der Waals surface area (Å²) >= 11 is 0. The van der Waals surface area contributed by atoms with Crippen molar-refractivity contribution < 1.29 is 4.39 Å². The summed E-state index contributed by atoms with van der Waals surface area (Å²) in [6.45, 7) is 5.69. The first kappa shape index (κ1) is 22.1. The van der Waals surface area contributed by atoms with Gasteiger partial charge in [0.25, 0.3) is 0 Å². The van der Waals surface area contributed by atoms with E-state index in [1.165, 1.54) is 12.1 Å². The molecule has 2 heterocycles. The average molecular weight is 520 g/mol. The number of nitrogens with two attached hydrogens (primary N) is 1. The quantitative estimate of drug-likeness (QED) is 0.325. The van der Waals surface area contributed by atoms with Gasteiger partial charge in [0.1, 0.15) is 5.82 Å². The van der Waals surface area contributed by atoms with Crippen molar-refractivity contribution in [1.82, 2.24) is 14.7 Å². The van der Waals surface area contributed by atoms with Crippen LogP contribution in [0.4, 0.5) is 10.1 Å². The zero-order valence-electron chi connectivity index (χ0n) is 16.9. The Morgan fingerprint density at radius 3 is 2.40 bits per heavy atom. The maximum atomic E-state index is 13.1. The molecule has 158 valence electrons. The van der Waals surface area contributed by atoms with Crippen molar-refractivity contribution in [2.75, 3.05) is 31.1 Å². The Balaban J connectivity index is 0.00000256. The highest BCUT2D eigenvalue weighted by molar-refractivity contribution is 14.0. The lowest BCUT2D eigenvalue weighted by molar-refractivity contribution is 0.380. The lowest BCUT2D eigenvalue weighted by Crippen LogP contribution is -2.51. The molecule has 0 radical (unpaired) electrons. The van der Waals surface area contributed by atoms with Gasteiger partial charge >= 0.3 is 0 Å². The van der Waals surface area contributed by atoms with Crippen LogP contribution in [0.2, 0.25) is 0 Å². The van der Waals surface area contributed by atoms with E-state index >= 15 is 0 Å². The Kier molecular flexibility index (Phi) is 7.30. The van der Waals surface area contributed by atoms with E-state index in [0.717, 1.165) is 48.8 Å². The topological polar surface area (TPSA) is 62.7 Å². The van der Waals surface area contributed by atoms with Crippen LogP contribution in [0.15, 0.2) is 65.8 Å². The van der Waals surface area contributed by atoms with Crippen LogP contribution in [0.25, 0.3) is 5.69 Å². The van der Waals surface area contributed by atoms with E-state index in [0.29, 0.717) is 12.5 Å². The summed E-state index contributed by atoms with van der Waals surface area (Å²) in [4.78, 5) is 8.96. The summed E-state index contributed by atoms with van der Waals surface area (Å²) in [7, 11) is 0. The molecule has 0 bridgehead atoms. The largest absolute Gasteiger partial charge is 0.370 e. The van der Waals surface area contributed by atoms with Gasteiger partial charge in [0, 0.05) is 38.1 Å². The van der Waals surface area contributed by atoms with Crippen molar-refractivity contribution in [3.63, 3.8) is 0 Å². The zero-order valence-corrected chi connectivity index (χ0v) is 19.2. The van der Waals surface area contributed by atoms with Crippen molar-refractivity contribution in [2.24, 2.45) is 10.7 Å². The second-order valence-electron chi connectivity index (χ2n) is 7.16. The standard InChI is InChI=1S/C22H25FN6.HI/c1-17-10-11-29(26-17)21-5-3-2-4-18(21)16-25-22(24)28-14-12-27(13-15-28)20-8-6-19(23)7-9-20;/h2-11H,12-16H2,1H3,(H2,24,25);1H. The fraction of sp³-hybridized carbons (Fsp3) is 0.273. The Morgan fingerprint density at radius 2 is 1.73 bits per heavy atom. The van der Waals surface area contributed by atoms with Crippen LogP contribution in [0.5, 0.6) is 0 Å². The average Bonchev–Trinajstić information content (AvgIpc) is 3.19. The molecule has 0 saturated carbocycles. The number of halogens is 2. The smallest absolute Gasteiger partial charge is 0.191 e. The Morgan fingerprint density at radius 1 is 1.03 bits per heavy atom. The van der Waals surface area contributed by atoms with Gasteiger partial charge in [-0.1, -0.05) is 18.2 Å². The number of nitrogens with zero attached hydrogens (tertiary/aromatic N) is 5. The zero-order chi connectivity index (χ0) is 20.2. The summed E-state index contributed by atoms with van der Waals surface area (Å²) in [6.07, 6.45) is 1.95. The number of aryl methyl sites for hydroxylation is 1. The van der Waals surface area contributed by atoms with Crippen LogP contribution in [0.3, 0.4) is 0 Å². The van der Waals surface area contributed by atoms with Crippen LogP contribution in [0.1, 0.15) is 11.3 Å². The highest BCUT2D eigenvalue weighted by Crippen LogP contribution is 2.18. The van der Waals surface area contributed by atoms with Crippen molar-refractivity contribution in [3.8, 4) is 5.69 Å². The first-order valence-electron chi connectivity index (χ1n) is 9.76. The molecule has 0 unspecified atom stereocenters. The van der Waals surface area contributed by atoms with Crippen molar-refractivity contribution >= 4 is 35.6 Å². The van der Waals surface area contributed by atoms with Gasteiger partial charge in [-0.25, -0.2) is 14.1 Å². The number of piperazine rings is 1. The van der Waals surface area contributed by atoms with E-state index < -0.39 is 0 Å². The third kappa shape index (κ3) is 5.10. The number of hydrogen-bond donors (Lipinski definition) is 1. The molecule has 1 aliphatic heterocycles. The molecule has 1 saturated heterocycles. The van der Waals surface area contributed by atoms with E-state index in [1.54, 1.807) is 0 Å². The van der Waals surface area contributed by atoms with Crippen LogP contribution < -0.4 is 10.6 Å². The molecule has 1 aliphatic rings. The lowest BCUT2D eigenvalue weighted by atomic mass is 10.2. The third-order valence-corrected chi connectivity index (χ3v) is 5.17. The first-order valence-corrected chi connectivity index (χ1v) is 9.76. The number of guanidine groups is 1. The van der Waals surface area contributed by atoms with Gasteiger partial charge in [0.05, 0.1) is 17.9 Å². The van der Waals surface area contributed by atoms with Crippen molar-refractivity contribution in [2.45, 2.75) is 13.5 Å². The molecule has 0 aliphatic carbocycles. The van der Waals surface area contributed by atoms with Crippen LogP contribution in [-0.4, -0.2) is 46.8 Å². The molecule has 30 heavy (non-hydrogen) atoms. The van der Waals surface area contributed by atoms with Crippen LogP contribution >= 0.6 is 24.0 Å². The highest BCUT2D eigenvalue weighted by Gasteiger charge is 2.18. The number of para-hydroxylation sites is 1. The van der Waals surface area contributed by atoms with E-state index in [4.69, 9.17) is 5.73 Å². The molecule has 4 rings (SSSR count). The second kappa shape index (κ2) is 9.92. The molecule has 2 N–H and O–H groups in total. The number of anilines is 1. The van der Waals surface area contributed by atoms with Gasteiger partial charge in [0.15, 0.2) is 5.96 Å². The summed E-state index contributed by atoms with van der Waals surface area (Å²) in [5.74, 6) is 0.338. The van der Waals surface area contributed by atoms with Gasteiger partial charge in [0.2, 0.25) is 0 Å². The molecular formula is C22H26FIN6. The molecule has 8 heteroatoms. The number of aliphatic imine (C=N–C) groups is 1. The first-order chi connectivity index (χ1) is 14.1. The predicted octanol–water partition coefficient (Wildman–Crippen LogP) is 3.57. The van der Waals surface area contributed by atoms with E-state index in [9.17, 15) is 4.39 Å². The van der Waals surface area contributed by atoms with E-state index in [-0.39, 0.29) is 29.8 Å². The number of aromatic nitrogens is 2. The number of benzene rings is 2. The molecule has 1 fully saturated rings. The fourth-order valence-electron chi connectivity index (χ4n) is 3.53. The number of rotatable bonds is 4. The lowest BCUT2D eigenvalue weighted by Gasteiger charge is -2.36. The monoisotopic (exact) mass is 520 g/mol. The molecule has 0 atom stereocenters. The third-order valence-electron chi connectivity index (χ3n) is 5.17. The maximum absolute atomic E-state index is 13.1. The van der Waals surface area contributed by atoms with Crippen LogP contribution in [0, 0.1) is 12.7 Å². The Hall–Kier alpha value is -2.62. The maximum Gasteiger partial charge on any atom is 0.191 e. The number of hydrogen-bond acceptors (Lipinski definition) is 3. The fourth-order valence-corrected chi connectivity index (χ4v) is 3.53. The second-order valence-corrected chi connectivity index (χ2v) is 7.16. The van der Waals surface area contributed by atoms with Gasteiger partial charge in [-0.05, 0) is 48.9 Å². The molecule has 0 spiro atoms. The molecule has 1 aromatic heterocycles. The van der Waals surface area contributed by atoms with Crippen molar-refractivity contribution in [1.29, 1.82) is 0 Å². The molecule has 3 aromatic rings. The summed E-state index contributed by atoms with van der Waals surface area (Å²) < 4.78 is 15.0. The highest BCUT2D eigenvalue weighted by atomic mass is 127. The summed E-state index contributed by atoms with van der Waals surface area (Å²) in [5.41, 5.74) is 10.4. The Labute approximate surface area is 193 Å². The van der Waals surface area contributed by atoms with E-state index in [1.807, 2.05) is 54.2 Å². The molecular weight excluding hydrogens is 494 g/mol. The van der Waals surface area contributed by atoms with Gasteiger partial charge in [-0.3, -0.25) is 0 Å². The Bertz CT molecular complexity index is 993. The predicted molar refractivity (Wildman–Crippen MR) is 129 cm³/mol. The SMILES string of the molecule is Cc1ccn(-c2ccccc2CN=C(N)N2CCN(c3ccc(F)cc3)CC2)n1.I. The van der Waals surface area contributed by atoms with E-state index in [2.05, 4.69) is 26.0 Å². The minimum atomic E-state index is -0.214. The van der Waals surface area contributed by atoms with Gasteiger partial charge in [-0.15, -0.1) is 24.0 Å². The molecule has 2 aromatic carbocycles. The summed E-state index contributed by atoms with van der Waals surface area (Å²) in [6, 6.07) is 16.7. The minimum Gasteiger partial charge on any atom is -0.370 e. The van der Waals surface area contributed by atoms with Crippen LogP contribution in [-0.2, 0) is 6.54 Å². The van der Waals surface area contributed by atoms with Gasteiger partial charge in [-0.2, -0.15) is 5.10 Å². The van der Waals surface area contributed by atoms with Crippen molar-refractivity contribution in [3.05, 3.63) is 77.9 Å².